The van der Waals surface area contributed by atoms with Crippen molar-refractivity contribution in [2.75, 3.05) is 13.3 Å². The Morgan fingerprint density at radius 2 is 1.40 bits per heavy atom. The quantitative estimate of drug-likeness (QED) is 0.497. The summed E-state index contributed by atoms with van der Waals surface area (Å²) < 4.78 is 0. The Labute approximate surface area is 62.2 Å². The molecule has 0 aliphatic rings. The van der Waals surface area contributed by atoms with Crippen LogP contribution < -0.4 is 0 Å². The van der Waals surface area contributed by atoms with Crippen molar-refractivity contribution in [1.29, 1.82) is 0 Å². The molecule has 3 heteroatoms. The van der Waals surface area contributed by atoms with Crippen LogP contribution in [0.25, 0.3) is 0 Å². The number of hydrogen-bond donors (Lipinski definition) is 0. The van der Waals surface area contributed by atoms with Gasteiger partial charge in [-0.2, -0.15) is 0 Å². The molecule has 0 amide bonds. The van der Waals surface area contributed by atoms with E-state index in [0.717, 1.165) is 0 Å². The van der Waals surface area contributed by atoms with Gasteiger partial charge in [-0.1, -0.05) is 0 Å². The summed E-state index contributed by atoms with van der Waals surface area (Å²) in [6.07, 6.45) is 0. The van der Waals surface area contributed by atoms with Crippen LogP contribution in [0.5, 0.6) is 0 Å². The van der Waals surface area contributed by atoms with E-state index in [1.54, 1.807) is 0 Å². The fraction of sp³-hybridized carbons (Fsp3) is 1.00. The summed E-state index contributed by atoms with van der Waals surface area (Å²) in [4.78, 5) is 0. The van der Waals surface area contributed by atoms with Crippen molar-refractivity contribution < 1.29 is 32.7 Å². The molecule has 0 nitrogen and oxygen atoms in total. The fourth-order valence-corrected chi connectivity index (χ4v) is 0. The van der Waals surface area contributed by atoms with Crippen molar-refractivity contribution in [3.63, 3.8) is 0 Å². The molecule has 0 saturated carbocycles. The first-order valence-corrected chi connectivity index (χ1v) is 5.60. The minimum absolute atomic E-state index is 0. The minimum Gasteiger partial charge on any atom is 0 e. The average Bonchev–Trinajstić information content (AvgIpc) is 0.811. The normalized spacial score (nSPS) is 7.20. The van der Waals surface area contributed by atoms with E-state index in [0.29, 0.717) is 0 Å². The Kier molecular flexibility index (Phi) is 12.0. The average molecular weight is 184 g/mol. The maximum atomic E-state index is 2.76. The van der Waals surface area contributed by atoms with Crippen LogP contribution in [0.4, 0.5) is 0 Å². The number of hydrogen-bond acceptors (Lipinski definition) is 0. The van der Waals surface area contributed by atoms with Gasteiger partial charge in [0.1, 0.15) is 0 Å². The van der Waals surface area contributed by atoms with E-state index in [1.807, 2.05) is 0 Å². The Balaban J connectivity index is 0. The zero-order valence-corrected chi connectivity index (χ0v) is 8.65. The molecule has 0 bridgehead atoms. The Bertz CT molecular complexity index is 12.4. The van der Waals surface area contributed by atoms with Crippen LogP contribution in [0.2, 0.25) is 0 Å². The second-order valence-electron chi connectivity index (χ2n) is 1.08. The monoisotopic (exact) mass is 184 g/mol. The SMILES string of the molecule is C[PH+](C)P.[Y]. The van der Waals surface area contributed by atoms with Gasteiger partial charge >= 0.3 is 0 Å². The van der Waals surface area contributed by atoms with Gasteiger partial charge in [0.15, 0.2) is 0 Å². The zero-order chi connectivity index (χ0) is 3.58. The Morgan fingerprint density at radius 3 is 1.40 bits per heavy atom. The third kappa shape index (κ3) is 24.3. The van der Waals surface area contributed by atoms with E-state index in [2.05, 4.69) is 22.3 Å². The molecule has 0 aliphatic carbocycles. The van der Waals surface area contributed by atoms with Gasteiger partial charge < -0.3 is 0 Å². The molecular weight excluding hydrogens is 175 g/mol. The van der Waals surface area contributed by atoms with Crippen LogP contribution in [0.1, 0.15) is 0 Å². The smallest absolute Gasteiger partial charge is 0 e. The topological polar surface area (TPSA) is 0 Å². The molecule has 0 aliphatic heterocycles. The molecule has 1 radical (unpaired) electrons. The molecule has 0 saturated heterocycles. The van der Waals surface area contributed by atoms with Gasteiger partial charge in [-0.15, -0.1) is 0 Å². The van der Waals surface area contributed by atoms with Gasteiger partial charge in [0.05, 0.1) is 0 Å². The van der Waals surface area contributed by atoms with E-state index >= 15 is 0 Å². The summed E-state index contributed by atoms with van der Waals surface area (Å²) in [7, 11) is 2.80. The van der Waals surface area contributed by atoms with Gasteiger partial charge in [0.25, 0.3) is 0 Å². The Hall–Kier alpha value is 1.96. The third-order valence-electron chi connectivity index (χ3n) is 0. The van der Waals surface area contributed by atoms with Crippen LogP contribution in [0, 0.1) is 0 Å². The van der Waals surface area contributed by atoms with Gasteiger partial charge in [0.2, 0.25) is 0 Å². The first-order valence-electron chi connectivity index (χ1n) is 1.29. The van der Waals surface area contributed by atoms with Gasteiger partial charge in [0, 0.05) is 62.6 Å². The van der Waals surface area contributed by atoms with Gasteiger partial charge in [-0.3, -0.25) is 0 Å². The van der Waals surface area contributed by atoms with Crippen molar-refractivity contribution in [1.82, 2.24) is 0 Å². The molecule has 1 atom stereocenters. The molecular formula is C2H9P2Y+. The maximum absolute atomic E-state index is 2.76. The first kappa shape index (κ1) is 10.1. The summed E-state index contributed by atoms with van der Waals surface area (Å²) in [5.41, 5.74) is 0. The molecule has 0 N–H and O–H groups in total. The zero-order valence-electron chi connectivity index (χ0n) is 3.65. The van der Waals surface area contributed by atoms with E-state index < -0.39 is 0 Å². The molecule has 1 unspecified atom stereocenters. The molecule has 0 rings (SSSR count). The van der Waals surface area contributed by atoms with Crippen molar-refractivity contribution in [3.8, 4) is 0 Å². The second-order valence-corrected chi connectivity index (χ2v) is 6.70. The maximum Gasteiger partial charge on any atom is 0.0481 e. The molecule has 0 aromatic carbocycles. The fourth-order valence-electron chi connectivity index (χ4n) is 0. The van der Waals surface area contributed by atoms with Crippen LogP contribution in [-0.2, 0) is 32.7 Å². The molecule has 0 aromatic rings. The first-order chi connectivity index (χ1) is 1.73. The van der Waals surface area contributed by atoms with Crippen molar-refractivity contribution in [3.05, 3.63) is 0 Å². The summed E-state index contributed by atoms with van der Waals surface area (Å²) in [5, 5.41) is 0. The molecule has 0 fully saturated rings. The minimum atomic E-state index is 0. The largest absolute Gasteiger partial charge is 0.0481 e. The predicted octanol–water partition coefficient (Wildman–Crippen LogP) is 1.25. The van der Waals surface area contributed by atoms with E-state index in [1.165, 1.54) is 0 Å². The predicted molar refractivity (Wildman–Crippen MR) is 29.9 cm³/mol. The summed E-state index contributed by atoms with van der Waals surface area (Å²) in [6.45, 7) is 4.46. The summed E-state index contributed by atoms with van der Waals surface area (Å²) in [6, 6.07) is 0. The van der Waals surface area contributed by atoms with E-state index in [-0.39, 0.29) is 40.3 Å². The molecule has 0 aromatic heterocycles. The van der Waals surface area contributed by atoms with E-state index in [9.17, 15) is 0 Å². The van der Waals surface area contributed by atoms with Crippen LogP contribution in [0.3, 0.4) is 0 Å². The van der Waals surface area contributed by atoms with Crippen LogP contribution >= 0.6 is 16.5 Å². The van der Waals surface area contributed by atoms with Crippen molar-refractivity contribution >= 4 is 16.5 Å². The molecule has 0 spiro atoms. The van der Waals surface area contributed by atoms with Crippen LogP contribution in [-0.4, -0.2) is 13.3 Å². The standard InChI is InChI=1S/C2H8P2.Y/c1-4(2)3;/h3H2,1-2H3;/p+1. The van der Waals surface area contributed by atoms with Crippen LogP contribution in [0.15, 0.2) is 0 Å². The van der Waals surface area contributed by atoms with Gasteiger partial charge in [-0.25, -0.2) is 0 Å². The summed E-state index contributed by atoms with van der Waals surface area (Å²) in [5.74, 6) is 0. The molecule has 29 valence electrons. The molecule has 0 heterocycles. The van der Waals surface area contributed by atoms with Crippen molar-refractivity contribution in [2.45, 2.75) is 0 Å². The molecule has 5 heavy (non-hydrogen) atoms. The Morgan fingerprint density at radius 1 is 1.40 bits per heavy atom. The second kappa shape index (κ2) is 5.96. The van der Waals surface area contributed by atoms with Crippen molar-refractivity contribution in [2.24, 2.45) is 0 Å². The van der Waals surface area contributed by atoms with Gasteiger partial charge in [-0.05, 0) is 0 Å². The van der Waals surface area contributed by atoms with E-state index in [4.69, 9.17) is 0 Å². The number of rotatable bonds is 0. The summed E-state index contributed by atoms with van der Waals surface area (Å²) >= 11 is 0. The third-order valence-corrected chi connectivity index (χ3v) is 0.